The first kappa shape index (κ1) is 21.7. The van der Waals surface area contributed by atoms with Crippen LogP contribution < -0.4 is 15.5 Å². The second kappa shape index (κ2) is 9.01. The summed E-state index contributed by atoms with van der Waals surface area (Å²) < 4.78 is 6.58. The van der Waals surface area contributed by atoms with Crippen molar-refractivity contribution in [1.82, 2.24) is 14.9 Å². The molecule has 0 saturated carbocycles. The number of hydrogen-bond acceptors (Lipinski definition) is 7. The summed E-state index contributed by atoms with van der Waals surface area (Å²) in [6, 6.07) is 20.8. The Morgan fingerprint density at radius 1 is 1.06 bits per heavy atom. The predicted molar refractivity (Wildman–Crippen MR) is 132 cm³/mol. The molecule has 1 aliphatic rings. The molecule has 166 valence electrons. The lowest BCUT2D eigenvalue weighted by atomic mass is 10.2. The molecule has 1 amide bonds. The lowest BCUT2D eigenvalue weighted by Crippen LogP contribution is -2.30. The Kier molecular flexibility index (Phi) is 5.92. The number of carbonyl (C=O) groups excluding carboxylic acids is 1. The Labute approximate surface area is 203 Å². The number of fused-ring (bicyclic) bond motifs is 2. The number of nitrogens with two attached hydrogens (primary N) is 1. The molecule has 1 aromatic heterocycles. The number of thioether (sulfide) groups is 1. The monoisotopic (exact) mass is 495 g/mol. The molecule has 0 atom stereocenters. The quantitative estimate of drug-likeness (QED) is 0.299. The molecule has 33 heavy (non-hydrogen) atoms. The molecule has 0 aliphatic carbocycles. The number of nitrogens with zero attached hydrogens (tertiary/aromatic N) is 4. The van der Waals surface area contributed by atoms with Gasteiger partial charge in [0.05, 0.1) is 24.2 Å². The van der Waals surface area contributed by atoms with Gasteiger partial charge in [-0.25, -0.2) is 4.68 Å². The van der Waals surface area contributed by atoms with Crippen molar-refractivity contribution in [2.75, 3.05) is 23.6 Å². The molecule has 0 unspecified atom stereocenters. The number of methoxy groups -OCH3 is 1. The number of nitrogen functional groups attached to an aromatic ring is 1. The van der Waals surface area contributed by atoms with Crippen LogP contribution in [0.15, 0.2) is 81.7 Å². The van der Waals surface area contributed by atoms with Crippen molar-refractivity contribution in [2.24, 2.45) is 0 Å². The normalized spacial score (nSPS) is 12.2. The molecule has 0 bridgehead atoms. The van der Waals surface area contributed by atoms with Crippen LogP contribution in [0.3, 0.4) is 0 Å². The first-order valence-electron chi connectivity index (χ1n) is 9.92. The lowest BCUT2D eigenvalue weighted by Gasteiger charge is -2.31. The minimum Gasteiger partial charge on any atom is -0.497 e. The Morgan fingerprint density at radius 2 is 1.82 bits per heavy atom. The van der Waals surface area contributed by atoms with E-state index in [2.05, 4.69) is 10.2 Å². The highest BCUT2D eigenvalue weighted by Gasteiger charge is 2.28. The van der Waals surface area contributed by atoms with Gasteiger partial charge in [-0.2, -0.15) is 0 Å². The number of rotatable bonds is 5. The molecule has 4 aromatic rings. The molecule has 0 fully saturated rings. The van der Waals surface area contributed by atoms with Crippen molar-refractivity contribution in [1.29, 1.82) is 0 Å². The topological polar surface area (TPSA) is 86.3 Å². The van der Waals surface area contributed by atoms with Crippen LogP contribution in [0.4, 0.5) is 11.4 Å². The van der Waals surface area contributed by atoms with Crippen LogP contribution in [0.1, 0.15) is 0 Å². The lowest BCUT2D eigenvalue weighted by molar-refractivity contribution is -0.115. The van der Waals surface area contributed by atoms with Crippen LogP contribution in [-0.4, -0.2) is 33.6 Å². The zero-order valence-electron chi connectivity index (χ0n) is 17.4. The molecule has 0 spiro atoms. The van der Waals surface area contributed by atoms with Crippen molar-refractivity contribution in [3.8, 4) is 17.1 Å². The second-order valence-corrected chi connectivity index (χ2v) is 9.57. The van der Waals surface area contributed by atoms with E-state index < -0.39 is 0 Å². The summed E-state index contributed by atoms with van der Waals surface area (Å²) in [5.74, 6) is 7.50. The minimum absolute atomic E-state index is 0.106. The number of hydrogen-bond donors (Lipinski definition) is 1. The molecule has 2 heterocycles. The predicted octanol–water partition coefficient (Wildman–Crippen LogP) is 5.24. The summed E-state index contributed by atoms with van der Waals surface area (Å²) in [7, 11) is 1.61. The largest absolute Gasteiger partial charge is 0.497 e. The fraction of sp³-hybridized carbons (Fsp3) is 0.0870. The molecule has 1 aliphatic heterocycles. The van der Waals surface area contributed by atoms with Crippen molar-refractivity contribution < 1.29 is 9.53 Å². The van der Waals surface area contributed by atoms with E-state index in [0.717, 1.165) is 32.5 Å². The van der Waals surface area contributed by atoms with Crippen LogP contribution in [-0.2, 0) is 4.79 Å². The average molecular weight is 496 g/mol. The van der Waals surface area contributed by atoms with Crippen LogP contribution in [0.25, 0.3) is 11.4 Å². The maximum absolute atomic E-state index is 13.4. The van der Waals surface area contributed by atoms with E-state index >= 15 is 0 Å². The molecule has 0 radical (unpaired) electrons. The van der Waals surface area contributed by atoms with Crippen molar-refractivity contribution in [2.45, 2.75) is 14.9 Å². The average Bonchev–Trinajstić information content (AvgIpc) is 3.21. The van der Waals surface area contributed by atoms with E-state index in [0.29, 0.717) is 16.0 Å². The van der Waals surface area contributed by atoms with Gasteiger partial charge in [0.25, 0.3) is 0 Å². The first-order chi connectivity index (χ1) is 16.0. The Morgan fingerprint density at radius 3 is 2.61 bits per heavy atom. The number of benzene rings is 3. The van der Waals surface area contributed by atoms with Gasteiger partial charge in [0.15, 0.2) is 5.82 Å². The van der Waals surface area contributed by atoms with E-state index in [1.54, 1.807) is 23.8 Å². The van der Waals surface area contributed by atoms with E-state index in [1.165, 1.54) is 16.4 Å². The van der Waals surface area contributed by atoms with E-state index in [1.807, 2.05) is 66.7 Å². The number of aromatic nitrogens is 3. The third-order valence-electron chi connectivity index (χ3n) is 5.07. The van der Waals surface area contributed by atoms with Crippen LogP contribution in [0.2, 0.25) is 5.02 Å². The molecule has 5 rings (SSSR count). The van der Waals surface area contributed by atoms with Gasteiger partial charge in [-0.3, -0.25) is 9.69 Å². The molecule has 10 heteroatoms. The van der Waals surface area contributed by atoms with Gasteiger partial charge in [-0.15, -0.1) is 10.2 Å². The summed E-state index contributed by atoms with van der Waals surface area (Å²) in [4.78, 5) is 17.1. The zero-order valence-corrected chi connectivity index (χ0v) is 19.8. The van der Waals surface area contributed by atoms with Gasteiger partial charge in [-0.05, 0) is 54.6 Å². The van der Waals surface area contributed by atoms with Gasteiger partial charge >= 0.3 is 0 Å². The minimum atomic E-state index is -0.106. The van der Waals surface area contributed by atoms with Crippen molar-refractivity contribution in [3.63, 3.8) is 0 Å². The molecule has 2 N–H and O–H groups in total. The fourth-order valence-corrected chi connectivity index (χ4v) is 5.41. The molecular weight excluding hydrogens is 478 g/mol. The molecule has 3 aromatic carbocycles. The first-order valence-corrected chi connectivity index (χ1v) is 12.1. The van der Waals surface area contributed by atoms with Crippen molar-refractivity contribution >= 4 is 52.4 Å². The number of ether oxygens (including phenoxy) is 1. The smallest absolute Gasteiger partial charge is 0.242 e. The van der Waals surface area contributed by atoms with Gasteiger partial charge in [0, 0.05) is 20.4 Å². The molecular formula is C23H18ClN5O2S2. The number of anilines is 2. The summed E-state index contributed by atoms with van der Waals surface area (Å²) >= 11 is 9.10. The third kappa shape index (κ3) is 4.15. The second-order valence-electron chi connectivity index (χ2n) is 7.10. The Balaban J connectivity index is 1.39. The van der Waals surface area contributed by atoms with Crippen LogP contribution >= 0.6 is 35.1 Å². The number of carbonyl (C=O) groups is 1. The van der Waals surface area contributed by atoms with Gasteiger partial charge in [0.2, 0.25) is 11.1 Å². The van der Waals surface area contributed by atoms with E-state index in [4.69, 9.17) is 22.2 Å². The Hall–Kier alpha value is -3.14. The Bertz CT molecular complexity index is 1340. The standard InChI is InChI=1S/C23H18ClN5O2S2/c1-31-16-9-6-14(7-10-16)22-26-27-23(29(22)25)32-13-21(30)28-17-4-2-3-5-19(17)33-20-11-8-15(24)12-18(20)28/h2-12H,13,25H2,1H3. The highest BCUT2D eigenvalue weighted by molar-refractivity contribution is 8.00. The van der Waals surface area contributed by atoms with Crippen LogP contribution in [0, 0.1) is 0 Å². The summed E-state index contributed by atoms with van der Waals surface area (Å²) in [5.41, 5.74) is 2.40. The highest BCUT2D eigenvalue weighted by Crippen LogP contribution is 2.49. The summed E-state index contributed by atoms with van der Waals surface area (Å²) in [6.45, 7) is 0. The van der Waals surface area contributed by atoms with Crippen LogP contribution in [0.5, 0.6) is 5.75 Å². The van der Waals surface area contributed by atoms with Gasteiger partial charge < -0.3 is 10.6 Å². The van der Waals surface area contributed by atoms with Gasteiger partial charge in [0.1, 0.15) is 5.75 Å². The summed E-state index contributed by atoms with van der Waals surface area (Å²) in [5, 5.41) is 9.39. The third-order valence-corrected chi connectivity index (χ3v) is 7.37. The fourth-order valence-electron chi connectivity index (χ4n) is 3.50. The number of halogens is 1. The summed E-state index contributed by atoms with van der Waals surface area (Å²) in [6.07, 6.45) is 0. The van der Waals surface area contributed by atoms with Crippen molar-refractivity contribution in [3.05, 3.63) is 71.8 Å². The maximum Gasteiger partial charge on any atom is 0.242 e. The maximum atomic E-state index is 13.4. The van der Waals surface area contributed by atoms with E-state index in [-0.39, 0.29) is 11.7 Å². The highest BCUT2D eigenvalue weighted by atomic mass is 35.5. The van der Waals surface area contributed by atoms with Gasteiger partial charge in [-0.1, -0.05) is 47.3 Å². The SMILES string of the molecule is COc1ccc(-c2nnc(SCC(=O)N3c4ccccc4Sc4ccc(Cl)cc43)n2N)cc1. The molecule has 7 nitrogen and oxygen atoms in total. The number of para-hydroxylation sites is 1. The number of amides is 1. The van der Waals surface area contributed by atoms with E-state index in [9.17, 15) is 4.79 Å². The molecule has 0 saturated heterocycles. The zero-order chi connectivity index (χ0) is 22.9.